The van der Waals surface area contributed by atoms with E-state index in [1.807, 2.05) is 80.5 Å². The van der Waals surface area contributed by atoms with Gasteiger partial charge in [-0.3, -0.25) is 9.59 Å². The molecule has 0 radical (unpaired) electrons. The minimum Gasteiger partial charge on any atom is -0.503 e. The van der Waals surface area contributed by atoms with Crippen molar-refractivity contribution in [2.24, 2.45) is 0 Å². The van der Waals surface area contributed by atoms with Crippen molar-refractivity contribution in [3.05, 3.63) is 92.6 Å². The number of aromatic nitrogens is 1. The van der Waals surface area contributed by atoms with Crippen molar-refractivity contribution in [3.63, 3.8) is 0 Å². The number of aliphatic hydroxyl groups is 1. The van der Waals surface area contributed by atoms with Crippen molar-refractivity contribution in [1.29, 1.82) is 0 Å². The van der Waals surface area contributed by atoms with Crippen LogP contribution < -0.4 is 4.90 Å². The van der Waals surface area contributed by atoms with Crippen molar-refractivity contribution in [3.8, 4) is 0 Å². The van der Waals surface area contributed by atoms with Crippen molar-refractivity contribution >= 4 is 28.7 Å². The highest BCUT2D eigenvalue weighted by atomic mass is 32.1. The van der Waals surface area contributed by atoms with Crippen LogP contribution in [0.4, 0.5) is 5.69 Å². The largest absolute Gasteiger partial charge is 0.503 e. The van der Waals surface area contributed by atoms with Crippen LogP contribution in [0.1, 0.15) is 37.5 Å². The molecule has 4 rings (SSSR count). The van der Waals surface area contributed by atoms with E-state index in [4.69, 9.17) is 0 Å². The van der Waals surface area contributed by atoms with Crippen LogP contribution in [0.15, 0.2) is 65.9 Å². The van der Waals surface area contributed by atoms with Gasteiger partial charge in [-0.15, -0.1) is 11.3 Å². The first-order valence-corrected chi connectivity index (χ1v) is 11.1. The molecule has 164 valence electrons. The standard InChI is InChI=1S/C25H25N3O3S/c1-15-24(32-16(2)26-15)22(29)20-21(18-10-12-19(13-11-18)27(3)4)28(25(31)23(20)30)14-17-8-6-5-7-9-17/h5-13,21,30H,14H2,1-4H3. The predicted molar refractivity (Wildman–Crippen MR) is 126 cm³/mol. The lowest BCUT2D eigenvalue weighted by Crippen LogP contribution is -2.30. The van der Waals surface area contributed by atoms with E-state index in [2.05, 4.69) is 4.98 Å². The average Bonchev–Trinajstić information content (AvgIpc) is 3.24. The monoisotopic (exact) mass is 447 g/mol. The van der Waals surface area contributed by atoms with Gasteiger partial charge in [0.05, 0.1) is 27.2 Å². The maximum Gasteiger partial charge on any atom is 0.290 e. The van der Waals surface area contributed by atoms with Crippen LogP contribution in [0.5, 0.6) is 0 Å². The SMILES string of the molecule is Cc1nc(C)c(C(=O)C2=C(O)C(=O)N(Cc3ccccc3)C2c2ccc(N(C)C)cc2)s1. The lowest BCUT2D eigenvalue weighted by Gasteiger charge is -2.27. The first-order valence-electron chi connectivity index (χ1n) is 10.3. The maximum absolute atomic E-state index is 13.6. The molecule has 1 aliphatic heterocycles. The lowest BCUT2D eigenvalue weighted by atomic mass is 9.94. The molecule has 6 nitrogen and oxygen atoms in total. The Kier molecular flexibility index (Phi) is 5.84. The molecule has 1 atom stereocenters. The number of ketones is 1. The second-order valence-corrected chi connectivity index (χ2v) is 9.25. The molecule has 1 N–H and O–H groups in total. The van der Waals surface area contributed by atoms with E-state index in [0.717, 1.165) is 21.8 Å². The third-order valence-electron chi connectivity index (χ3n) is 5.58. The first-order chi connectivity index (χ1) is 15.3. The van der Waals surface area contributed by atoms with Gasteiger partial charge in [0.1, 0.15) is 0 Å². The fraction of sp³-hybridized carbons (Fsp3) is 0.240. The van der Waals surface area contributed by atoms with Gasteiger partial charge in [0, 0.05) is 26.3 Å². The maximum atomic E-state index is 13.6. The second-order valence-electron chi connectivity index (χ2n) is 8.05. The van der Waals surface area contributed by atoms with E-state index in [0.29, 0.717) is 10.6 Å². The zero-order valence-corrected chi connectivity index (χ0v) is 19.3. The van der Waals surface area contributed by atoms with Gasteiger partial charge in [0.2, 0.25) is 5.78 Å². The average molecular weight is 448 g/mol. The Morgan fingerprint density at radius 3 is 2.31 bits per heavy atom. The predicted octanol–water partition coefficient (Wildman–Crippen LogP) is 4.60. The molecular formula is C25H25N3O3S. The number of benzene rings is 2. The zero-order chi connectivity index (χ0) is 23.0. The summed E-state index contributed by atoms with van der Waals surface area (Å²) in [6, 6.07) is 16.6. The van der Waals surface area contributed by atoms with E-state index >= 15 is 0 Å². The first kappa shape index (κ1) is 21.8. The van der Waals surface area contributed by atoms with Crippen molar-refractivity contribution in [2.45, 2.75) is 26.4 Å². The minimum absolute atomic E-state index is 0.107. The summed E-state index contributed by atoms with van der Waals surface area (Å²) in [4.78, 5) is 35.1. The Balaban J connectivity index is 1.81. The second kappa shape index (κ2) is 8.59. The molecule has 7 heteroatoms. The molecule has 1 amide bonds. The van der Waals surface area contributed by atoms with Gasteiger partial charge in [0.15, 0.2) is 5.76 Å². The molecule has 3 aromatic rings. The molecule has 0 bridgehead atoms. The number of nitrogens with zero attached hydrogens (tertiary/aromatic N) is 3. The molecule has 1 unspecified atom stereocenters. The summed E-state index contributed by atoms with van der Waals surface area (Å²) in [7, 11) is 3.90. The van der Waals surface area contributed by atoms with Crippen LogP contribution in [-0.4, -0.2) is 40.8 Å². The van der Waals surface area contributed by atoms with Gasteiger partial charge in [-0.2, -0.15) is 0 Å². The highest BCUT2D eigenvalue weighted by Gasteiger charge is 2.44. The fourth-order valence-electron chi connectivity index (χ4n) is 3.99. The molecule has 32 heavy (non-hydrogen) atoms. The van der Waals surface area contributed by atoms with Gasteiger partial charge >= 0.3 is 0 Å². The Hall–Kier alpha value is -3.45. The number of hydrogen-bond acceptors (Lipinski definition) is 6. The number of aryl methyl sites for hydroxylation is 2. The summed E-state index contributed by atoms with van der Waals surface area (Å²) < 4.78 is 0. The number of rotatable bonds is 6. The number of aliphatic hydroxyl groups excluding tert-OH is 1. The third-order valence-corrected chi connectivity index (χ3v) is 6.65. The number of anilines is 1. The number of Topliss-reactive ketones (excluding diaryl/α,β-unsaturated/α-hetero) is 1. The van der Waals surface area contributed by atoms with Crippen LogP contribution >= 0.6 is 11.3 Å². The van der Waals surface area contributed by atoms with Crippen LogP contribution in [0, 0.1) is 13.8 Å². The Bertz CT molecular complexity index is 1200. The van der Waals surface area contributed by atoms with Gasteiger partial charge in [0.25, 0.3) is 5.91 Å². The molecular weight excluding hydrogens is 422 g/mol. The molecule has 0 spiro atoms. The van der Waals surface area contributed by atoms with E-state index in [1.54, 1.807) is 11.8 Å². The Morgan fingerprint density at radius 1 is 1.09 bits per heavy atom. The summed E-state index contributed by atoms with van der Waals surface area (Å²) in [5.74, 6) is -1.38. The third kappa shape index (κ3) is 3.91. The minimum atomic E-state index is -0.687. The molecule has 1 aliphatic rings. The van der Waals surface area contributed by atoms with E-state index in [-0.39, 0.29) is 17.9 Å². The molecule has 1 aromatic heterocycles. The van der Waals surface area contributed by atoms with E-state index < -0.39 is 17.7 Å². The Labute approximate surface area is 191 Å². The van der Waals surface area contributed by atoms with Crippen molar-refractivity contribution < 1.29 is 14.7 Å². The smallest absolute Gasteiger partial charge is 0.290 e. The van der Waals surface area contributed by atoms with Crippen LogP contribution in [0.3, 0.4) is 0 Å². The number of thiazole rings is 1. The molecule has 0 fully saturated rings. The van der Waals surface area contributed by atoms with E-state index in [1.165, 1.54) is 11.3 Å². The number of carbonyl (C=O) groups is 2. The van der Waals surface area contributed by atoms with Crippen LogP contribution in [0.2, 0.25) is 0 Å². The van der Waals surface area contributed by atoms with Crippen LogP contribution in [0.25, 0.3) is 0 Å². The molecule has 2 heterocycles. The fourth-order valence-corrected chi connectivity index (χ4v) is 4.87. The van der Waals surface area contributed by atoms with Gasteiger partial charge in [-0.05, 0) is 37.1 Å². The summed E-state index contributed by atoms with van der Waals surface area (Å²) in [5, 5.41) is 11.6. The summed E-state index contributed by atoms with van der Waals surface area (Å²) in [5.41, 5.74) is 3.40. The summed E-state index contributed by atoms with van der Waals surface area (Å²) in [6.07, 6.45) is 0. The highest BCUT2D eigenvalue weighted by Crippen LogP contribution is 2.41. The Morgan fingerprint density at radius 2 is 1.75 bits per heavy atom. The van der Waals surface area contributed by atoms with Gasteiger partial charge in [-0.1, -0.05) is 42.5 Å². The molecule has 0 aliphatic carbocycles. The van der Waals surface area contributed by atoms with Crippen molar-refractivity contribution in [2.75, 3.05) is 19.0 Å². The number of hydrogen-bond donors (Lipinski definition) is 1. The number of carbonyl (C=O) groups excluding carboxylic acids is 2. The summed E-state index contributed by atoms with van der Waals surface area (Å²) in [6.45, 7) is 3.89. The van der Waals surface area contributed by atoms with Gasteiger partial charge < -0.3 is 14.9 Å². The molecule has 0 saturated heterocycles. The van der Waals surface area contributed by atoms with E-state index in [9.17, 15) is 14.7 Å². The quantitative estimate of drug-likeness (QED) is 0.559. The number of amides is 1. The highest BCUT2D eigenvalue weighted by molar-refractivity contribution is 7.14. The molecule has 0 saturated carbocycles. The molecule has 2 aromatic carbocycles. The summed E-state index contributed by atoms with van der Waals surface area (Å²) >= 11 is 1.28. The topological polar surface area (TPSA) is 73.7 Å². The lowest BCUT2D eigenvalue weighted by molar-refractivity contribution is -0.130. The van der Waals surface area contributed by atoms with Gasteiger partial charge in [-0.25, -0.2) is 4.98 Å². The van der Waals surface area contributed by atoms with Crippen molar-refractivity contribution in [1.82, 2.24) is 9.88 Å². The van der Waals surface area contributed by atoms with Crippen LogP contribution in [-0.2, 0) is 11.3 Å². The zero-order valence-electron chi connectivity index (χ0n) is 18.5. The normalized spacial score (nSPS) is 16.1.